The van der Waals surface area contributed by atoms with Gasteiger partial charge in [-0.15, -0.1) is 0 Å². The number of hydrogen-bond acceptors (Lipinski definition) is 5. The second-order valence-electron chi connectivity index (χ2n) is 6.05. The van der Waals surface area contributed by atoms with Crippen LogP contribution in [0, 0.1) is 0 Å². The van der Waals surface area contributed by atoms with E-state index in [2.05, 4.69) is 4.98 Å². The Hall–Kier alpha value is -2.64. The van der Waals surface area contributed by atoms with E-state index in [1.54, 1.807) is 30.3 Å². The molecule has 0 amide bonds. The largest absolute Gasteiger partial charge is 0.495 e. The maximum absolute atomic E-state index is 12.7. The Morgan fingerprint density at radius 3 is 2.54 bits per heavy atom. The normalized spacial score (nSPS) is 15.6. The fourth-order valence-corrected chi connectivity index (χ4v) is 4.59. The van der Waals surface area contributed by atoms with Crippen molar-refractivity contribution in [2.24, 2.45) is 0 Å². The average Bonchev–Trinajstić information content (AvgIpc) is 2.64. The van der Waals surface area contributed by atoms with Crippen LogP contribution in [-0.2, 0) is 10.0 Å². The number of ether oxygens (including phenoxy) is 2. The van der Waals surface area contributed by atoms with Crippen LogP contribution in [0.1, 0.15) is 0 Å². The van der Waals surface area contributed by atoms with Crippen molar-refractivity contribution in [3.8, 4) is 11.6 Å². The zero-order valence-corrected chi connectivity index (χ0v) is 15.0. The van der Waals surface area contributed by atoms with Crippen LogP contribution < -0.4 is 9.47 Å². The molecule has 1 saturated heterocycles. The first kappa shape index (κ1) is 16.8. The van der Waals surface area contributed by atoms with Crippen molar-refractivity contribution in [3.63, 3.8) is 0 Å². The van der Waals surface area contributed by atoms with Gasteiger partial charge in [0, 0.05) is 11.5 Å². The molecule has 134 valence electrons. The molecular weight excluding hydrogens is 352 g/mol. The van der Waals surface area contributed by atoms with E-state index in [9.17, 15) is 8.42 Å². The molecule has 4 rings (SSSR count). The topological polar surface area (TPSA) is 68.7 Å². The molecule has 1 aliphatic heterocycles. The molecule has 26 heavy (non-hydrogen) atoms. The highest BCUT2D eigenvalue weighted by atomic mass is 32.2. The van der Waals surface area contributed by atoms with Crippen molar-refractivity contribution in [1.29, 1.82) is 0 Å². The van der Waals surface area contributed by atoms with Gasteiger partial charge in [0.15, 0.2) is 0 Å². The number of nitrogens with zero attached hydrogens (tertiary/aromatic N) is 2. The number of sulfonamides is 1. The summed E-state index contributed by atoms with van der Waals surface area (Å²) in [6.45, 7) is 0.573. The summed E-state index contributed by atoms with van der Waals surface area (Å²) >= 11 is 0. The van der Waals surface area contributed by atoms with Crippen LogP contribution in [0.3, 0.4) is 0 Å². The van der Waals surface area contributed by atoms with Gasteiger partial charge in [-0.3, -0.25) is 0 Å². The van der Waals surface area contributed by atoms with E-state index >= 15 is 0 Å². The van der Waals surface area contributed by atoms with Gasteiger partial charge in [-0.05, 0) is 24.3 Å². The Kier molecular flexibility index (Phi) is 4.26. The molecule has 0 N–H and O–H groups in total. The number of aromatic nitrogens is 1. The molecule has 3 aromatic rings. The molecule has 0 saturated carbocycles. The van der Waals surface area contributed by atoms with Crippen LogP contribution >= 0.6 is 0 Å². The second kappa shape index (κ2) is 6.59. The predicted octanol–water partition coefficient (Wildman–Crippen LogP) is 2.70. The fraction of sp³-hybridized carbons (Fsp3) is 0.211. The number of pyridine rings is 1. The van der Waals surface area contributed by atoms with Crippen molar-refractivity contribution in [2.45, 2.75) is 11.0 Å². The van der Waals surface area contributed by atoms with E-state index in [-0.39, 0.29) is 24.1 Å². The number of benzene rings is 2. The summed E-state index contributed by atoms with van der Waals surface area (Å²) in [7, 11) is -2.14. The maximum Gasteiger partial charge on any atom is 0.247 e. The van der Waals surface area contributed by atoms with E-state index in [1.807, 2.05) is 30.3 Å². The summed E-state index contributed by atoms with van der Waals surface area (Å²) in [6, 6.07) is 18.1. The van der Waals surface area contributed by atoms with Crippen molar-refractivity contribution in [3.05, 3.63) is 60.7 Å². The molecule has 0 radical (unpaired) electrons. The van der Waals surface area contributed by atoms with Gasteiger partial charge in [-0.2, -0.15) is 4.31 Å². The summed E-state index contributed by atoms with van der Waals surface area (Å²) in [5, 5.41) is 1.04. The highest BCUT2D eigenvalue weighted by Crippen LogP contribution is 2.30. The molecule has 0 atom stereocenters. The minimum absolute atomic E-state index is 0.171. The summed E-state index contributed by atoms with van der Waals surface area (Å²) in [5.74, 6) is 0.844. The lowest BCUT2D eigenvalue weighted by Crippen LogP contribution is -2.56. The third kappa shape index (κ3) is 3.00. The molecule has 0 unspecified atom stereocenters. The van der Waals surface area contributed by atoms with Crippen molar-refractivity contribution < 1.29 is 17.9 Å². The van der Waals surface area contributed by atoms with Crippen LogP contribution in [0.15, 0.2) is 65.6 Å². The number of methoxy groups -OCH3 is 1. The predicted molar refractivity (Wildman–Crippen MR) is 97.9 cm³/mol. The summed E-state index contributed by atoms with van der Waals surface area (Å²) in [4.78, 5) is 4.63. The number of fused-ring (bicyclic) bond motifs is 1. The second-order valence-corrected chi connectivity index (χ2v) is 7.96. The standard InChI is InChI=1S/C19H18N2O4S/c1-24-17-8-4-5-9-18(17)26(22,23)21-12-15(13-21)25-19-11-10-14-6-2-3-7-16(14)20-19/h2-11,15H,12-13H2,1H3. The van der Waals surface area contributed by atoms with Crippen LogP contribution in [0.5, 0.6) is 11.6 Å². The van der Waals surface area contributed by atoms with Gasteiger partial charge in [0.25, 0.3) is 0 Å². The zero-order valence-electron chi connectivity index (χ0n) is 14.2. The first-order valence-electron chi connectivity index (χ1n) is 8.23. The van der Waals surface area contributed by atoms with Gasteiger partial charge in [-0.1, -0.05) is 30.3 Å². The van der Waals surface area contributed by atoms with Gasteiger partial charge < -0.3 is 9.47 Å². The lowest BCUT2D eigenvalue weighted by Gasteiger charge is -2.37. The molecular formula is C19H18N2O4S. The van der Waals surface area contributed by atoms with Crippen molar-refractivity contribution >= 4 is 20.9 Å². The molecule has 0 bridgehead atoms. The molecule has 1 fully saturated rings. The Morgan fingerprint density at radius 2 is 1.73 bits per heavy atom. The van der Waals surface area contributed by atoms with Gasteiger partial charge in [0.2, 0.25) is 15.9 Å². The monoisotopic (exact) mass is 370 g/mol. The lowest BCUT2D eigenvalue weighted by molar-refractivity contribution is 0.0723. The lowest BCUT2D eigenvalue weighted by atomic mass is 10.2. The van der Waals surface area contributed by atoms with E-state index < -0.39 is 10.0 Å². The molecule has 6 nitrogen and oxygen atoms in total. The Morgan fingerprint density at radius 1 is 1.00 bits per heavy atom. The third-order valence-electron chi connectivity index (χ3n) is 4.36. The quantitative estimate of drug-likeness (QED) is 0.691. The van der Waals surface area contributed by atoms with Crippen molar-refractivity contribution in [1.82, 2.24) is 9.29 Å². The minimum Gasteiger partial charge on any atom is -0.495 e. The molecule has 2 aromatic carbocycles. The molecule has 0 spiro atoms. The highest BCUT2D eigenvalue weighted by molar-refractivity contribution is 7.89. The third-order valence-corrected chi connectivity index (χ3v) is 6.23. The molecule has 7 heteroatoms. The van der Waals surface area contributed by atoms with Crippen LogP contribution in [-0.4, -0.2) is 44.0 Å². The summed E-state index contributed by atoms with van der Waals surface area (Å²) < 4.78 is 37.9. The Bertz CT molecular complexity index is 1050. The van der Waals surface area contributed by atoms with Gasteiger partial charge in [-0.25, -0.2) is 13.4 Å². The van der Waals surface area contributed by atoms with Crippen molar-refractivity contribution in [2.75, 3.05) is 20.2 Å². The Balaban J connectivity index is 1.46. The number of rotatable bonds is 5. The van der Waals surface area contributed by atoms with Crippen LogP contribution in [0.2, 0.25) is 0 Å². The highest BCUT2D eigenvalue weighted by Gasteiger charge is 2.39. The minimum atomic E-state index is -3.60. The summed E-state index contributed by atoms with van der Waals surface area (Å²) in [6.07, 6.45) is -0.215. The smallest absolute Gasteiger partial charge is 0.247 e. The summed E-state index contributed by atoms with van der Waals surface area (Å²) in [5.41, 5.74) is 0.850. The van der Waals surface area contributed by atoms with E-state index in [0.717, 1.165) is 10.9 Å². The number of para-hydroxylation sites is 2. The maximum atomic E-state index is 12.7. The van der Waals surface area contributed by atoms with E-state index in [4.69, 9.17) is 9.47 Å². The average molecular weight is 370 g/mol. The van der Waals surface area contributed by atoms with Gasteiger partial charge >= 0.3 is 0 Å². The Labute approximate surface area is 152 Å². The first-order chi connectivity index (χ1) is 12.6. The SMILES string of the molecule is COc1ccccc1S(=O)(=O)N1CC(Oc2ccc3ccccc3n2)C1. The van der Waals surface area contributed by atoms with Crippen LogP contribution in [0.25, 0.3) is 10.9 Å². The van der Waals surface area contributed by atoms with Gasteiger partial charge in [0.05, 0.1) is 25.7 Å². The molecule has 2 heterocycles. The van der Waals surface area contributed by atoms with Gasteiger partial charge in [0.1, 0.15) is 16.7 Å². The first-order valence-corrected chi connectivity index (χ1v) is 9.67. The molecule has 1 aromatic heterocycles. The van der Waals surface area contributed by atoms with E-state index in [0.29, 0.717) is 11.6 Å². The molecule has 0 aliphatic carbocycles. The fourth-order valence-electron chi connectivity index (χ4n) is 2.93. The van der Waals surface area contributed by atoms with E-state index in [1.165, 1.54) is 11.4 Å². The van der Waals surface area contributed by atoms with Crippen LogP contribution in [0.4, 0.5) is 0 Å². The molecule has 1 aliphatic rings. The zero-order chi connectivity index (χ0) is 18.1. The number of hydrogen-bond donors (Lipinski definition) is 0.